The lowest BCUT2D eigenvalue weighted by Gasteiger charge is -2.07. The van der Waals surface area contributed by atoms with Crippen molar-refractivity contribution in [3.8, 4) is 16.9 Å². The molecule has 0 fully saturated rings. The Morgan fingerprint density at radius 3 is 2.08 bits per heavy atom. The van der Waals surface area contributed by atoms with E-state index in [0.29, 0.717) is 16.9 Å². The molecular formula is C20H18N2O4. The fourth-order valence-corrected chi connectivity index (χ4v) is 2.67. The highest BCUT2D eigenvalue weighted by Gasteiger charge is 2.31. The maximum atomic E-state index is 12.5. The molecule has 0 N–H and O–H groups in total. The van der Waals surface area contributed by atoms with Gasteiger partial charge in [-0.3, -0.25) is 0 Å². The van der Waals surface area contributed by atoms with Crippen LogP contribution in [0.2, 0.25) is 0 Å². The van der Waals surface area contributed by atoms with E-state index in [2.05, 4.69) is 5.10 Å². The summed E-state index contributed by atoms with van der Waals surface area (Å²) in [5, 5.41) is 4.53. The monoisotopic (exact) mass is 350 g/mol. The van der Waals surface area contributed by atoms with Gasteiger partial charge in [-0.15, -0.1) is 0 Å². The number of benzene rings is 2. The van der Waals surface area contributed by atoms with Crippen molar-refractivity contribution in [1.29, 1.82) is 0 Å². The molecule has 0 saturated carbocycles. The Morgan fingerprint density at radius 1 is 0.885 bits per heavy atom. The van der Waals surface area contributed by atoms with Gasteiger partial charge < -0.3 is 9.47 Å². The van der Waals surface area contributed by atoms with Crippen LogP contribution in [0.4, 0.5) is 0 Å². The molecule has 0 bridgehead atoms. The van der Waals surface area contributed by atoms with Crippen molar-refractivity contribution in [2.45, 2.75) is 6.92 Å². The van der Waals surface area contributed by atoms with Gasteiger partial charge in [0.05, 0.1) is 19.9 Å². The van der Waals surface area contributed by atoms with Crippen LogP contribution >= 0.6 is 0 Å². The molecule has 3 aromatic rings. The molecule has 26 heavy (non-hydrogen) atoms. The van der Waals surface area contributed by atoms with E-state index < -0.39 is 11.9 Å². The molecule has 2 aromatic carbocycles. The minimum atomic E-state index is -0.667. The van der Waals surface area contributed by atoms with Crippen LogP contribution in [0, 0.1) is 6.92 Å². The molecule has 0 aliphatic carbocycles. The molecule has 0 amide bonds. The first-order valence-electron chi connectivity index (χ1n) is 7.99. The molecule has 3 rings (SSSR count). The molecule has 1 heterocycles. The van der Waals surface area contributed by atoms with E-state index in [0.717, 1.165) is 5.56 Å². The van der Waals surface area contributed by atoms with Crippen molar-refractivity contribution >= 4 is 11.9 Å². The average molecular weight is 350 g/mol. The maximum Gasteiger partial charge on any atom is 0.357 e. The van der Waals surface area contributed by atoms with Gasteiger partial charge in [-0.05, 0) is 19.1 Å². The van der Waals surface area contributed by atoms with E-state index in [1.807, 2.05) is 49.4 Å². The van der Waals surface area contributed by atoms with Gasteiger partial charge in [0, 0.05) is 5.56 Å². The van der Waals surface area contributed by atoms with Gasteiger partial charge >= 0.3 is 11.9 Å². The zero-order valence-corrected chi connectivity index (χ0v) is 14.7. The molecule has 0 aliphatic heterocycles. The van der Waals surface area contributed by atoms with Gasteiger partial charge in [0.1, 0.15) is 11.3 Å². The average Bonchev–Trinajstić information content (AvgIpc) is 3.08. The third-order valence-electron chi connectivity index (χ3n) is 3.98. The zero-order valence-electron chi connectivity index (χ0n) is 14.7. The highest BCUT2D eigenvalue weighted by molar-refractivity contribution is 6.06. The van der Waals surface area contributed by atoms with Crippen molar-refractivity contribution in [3.63, 3.8) is 0 Å². The Kier molecular flexibility index (Phi) is 4.84. The van der Waals surface area contributed by atoms with Gasteiger partial charge in [-0.2, -0.15) is 5.10 Å². The molecule has 0 spiro atoms. The highest BCUT2D eigenvalue weighted by Crippen LogP contribution is 2.29. The van der Waals surface area contributed by atoms with Crippen LogP contribution in [0.5, 0.6) is 0 Å². The molecule has 132 valence electrons. The van der Waals surface area contributed by atoms with E-state index >= 15 is 0 Å². The van der Waals surface area contributed by atoms with Crippen molar-refractivity contribution in [1.82, 2.24) is 9.78 Å². The number of carbonyl (C=O) groups excluding carboxylic acids is 2. The number of esters is 2. The van der Waals surface area contributed by atoms with E-state index in [1.165, 1.54) is 18.9 Å². The van der Waals surface area contributed by atoms with Crippen LogP contribution in [-0.4, -0.2) is 35.9 Å². The van der Waals surface area contributed by atoms with E-state index in [9.17, 15) is 9.59 Å². The summed E-state index contributed by atoms with van der Waals surface area (Å²) in [6.07, 6.45) is 0. The number of para-hydroxylation sites is 1. The third kappa shape index (κ3) is 3.09. The summed E-state index contributed by atoms with van der Waals surface area (Å²) in [5.41, 5.74) is 2.88. The predicted octanol–water partition coefficient (Wildman–Crippen LogP) is 3.42. The topological polar surface area (TPSA) is 70.4 Å². The summed E-state index contributed by atoms with van der Waals surface area (Å²) < 4.78 is 11.2. The Balaban J connectivity index is 2.33. The van der Waals surface area contributed by atoms with E-state index in [-0.39, 0.29) is 11.3 Å². The highest BCUT2D eigenvalue weighted by atomic mass is 16.5. The summed E-state index contributed by atoms with van der Waals surface area (Å²) in [4.78, 5) is 24.9. The maximum absolute atomic E-state index is 12.5. The molecule has 0 atom stereocenters. The molecule has 6 nitrogen and oxygen atoms in total. The fraction of sp³-hybridized carbons (Fsp3) is 0.150. The minimum Gasteiger partial charge on any atom is -0.465 e. The van der Waals surface area contributed by atoms with Crippen LogP contribution in [0.15, 0.2) is 54.6 Å². The normalized spacial score (nSPS) is 10.4. The quantitative estimate of drug-likeness (QED) is 0.674. The van der Waals surface area contributed by atoms with E-state index in [4.69, 9.17) is 9.47 Å². The zero-order chi connectivity index (χ0) is 18.7. The number of hydrogen-bond donors (Lipinski definition) is 0. The number of hydrogen-bond acceptors (Lipinski definition) is 5. The van der Waals surface area contributed by atoms with Gasteiger partial charge in [0.25, 0.3) is 0 Å². The van der Waals surface area contributed by atoms with Crippen molar-refractivity contribution < 1.29 is 19.1 Å². The molecule has 6 heteroatoms. The molecule has 0 radical (unpaired) electrons. The third-order valence-corrected chi connectivity index (χ3v) is 3.98. The number of ether oxygens (including phenoxy) is 2. The number of aryl methyl sites for hydroxylation is 1. The van der Waals surface area contributed by atoms with Gasteiger partial charge in [-0.1, -0.05) is 48.0 Å². The van der Waals surface area contributed by atoms with Crippen LogP contribution in [-0.2, 0) is 9.47 Å². The number of nitrogens with zero attached hydrogens (tertiary/aromatic N) is 2. The standard InChI is InChI=1S/C20H18N2O4/c1-13-9-11-14(12-10-13)17-16(19(23)25-2)18(20(24)26-3)22(21-17)15-7-5-4-6-8-15/h4-12H,1-3H3. The first-order chi connectivity index (χ1) is 12.6. The number of aromatic nitrogens is 2. The molecule has 1 aromatic heterocycles. The lowest BCUT2D eigenvalue weighted by Crippen LogP contribution is -2.15. The summed E-state index contributed by atoms with van der Waals surface area (Å²) in [5.74, 6) is -1.32. The van der Waals surface area contributed by atoms with Crippen LogP contribution in [0.3, 0.4) is 0 Å². The first-order valence-corrected chi connectivity index (χ1v) is 7.99. The predicted molar refractivity (Wildman–Crippen MR) is 96.4 cm³/mol. The van der Waals surface area contributed by atoms with Crippen molar-refractivity contribution in [2.75, 3.05) is 14.2 Å². The Hall–Kier alpha value is -3.41. The van der Waals surface area contributed by atoms with Gasteiger partial charge in [0.15, 0.2) is 5.69 Å². The van der Waals surface area contributed by atoms with Crippen molar-refractivity contribution in [3.05, 3.63) is 71.4 Å². The largest absolute Gasteiger partial charge is 0.465 e. The second kappa shape index (κ2) is 7.23. The Bertz CT molecular complexity index is 944. The fourth-order valence-electron chi connectivity index (χ4n) is 2.67. The molecule has 0 aliphatic rings. The van der Waals surface area contributed by atoms with E-state index in [1.54, 1.807) is 12.1 Å². The number of rotatable bonds is 4. The van der Waals surface area contributed by atoms with Crippen LogP contribution in [0.1, 0.15) is 26.4 Å². The Labute approximate surface area is 151 Å². The summed E-state index contributed by atoms with van der Waals surface area (Å²) in [6, 6.07) is 16.6. The second-order valence-electron chi connectivity index (χ2n) is 5.67. The van der Waals surface area contributed by atoms with Gasteiger partial charge in [0.2, 0.25) is 0 Å². The lowest BCUT2D eigenvalue weighted by atomic mass is 10.0. The molecular weight excluding hydrogens is 332 g/mol. The molecule has 0 unspecified atom stereocenters. The number of carbonyl (C=O) groups is 2. The van der Waals surface area contributed by atoms with Gasteiger partial charge in [-0.25, -0.2) is 14.3 Å². The molecule has 0 saturated heterocycles. The van der Waals surface area contributed by atoms with Crippen LogP contribution in [0.25, 0.3) is 16.9 Å². The minimum absolute atomic E-state index is 0.0288. The number of methoxy groups -OCH3 is 2. The summed E-state index contributed by atoms with van der Waals surface area (Å²) in [7, 11) is 2.53. The lowest BCUT2D eigenvalue weighted by molar-refractivity contribution is 0.0549. The summed E-state index contributed by atoms with van der Waals surface area (Å²) >= 11 is 0. The SMILES string of the molecule is COC(=O)c1c(-c2ccc(C)cc2)nn(-c2ccccc2)c1C(=O)OC. The second-order valence-corrected chi connectivity index (χ2v) is 5.67. The van der Waals surface area contributed by atoms with Crippen molar-refractivity contribution in [2.24, 2.45) is 0 Å². The van der Waals surface area contributed by atoms with Crippen LogP contribution < -0.4 is 0 Å². The Morgan fingerprint density at radius 2 is 1.50 bits per heavy atom. The smallest absolute Gasteiger partial charge is 0.357 e. The summed E-state index contributed by atoms with van der Waals surface area (Å²) in [6.45, 7) is 1.97. The first kappa shape index (κ1) is 17.4.